The Morgan fingerprint density at radius 3 is 2.73 bits per heavy atom. The average Bonchev–Trinajstić information content (AvgIpc) is 2.28. The van der Waals surface area contributed by atoms with Crippen LogP contribution in [0, 0.1) is 0 Å². The van der Waals surface area contributed by atoms with Crippen LogP contribution in [0.4, 0.5) is 0 Å². The minimum Gasteiger partial charge on any atom is -0.371 e. The molecule has 0 aliphatic heterocycles. The van der Waals surface area contributed by atoms with Gasteiger partial charge < -0.3 is 10.6 Å². The van der Waals surface area contributed by atoms with Crippen LogP contribution in [0.2, 0.25) is 0 Å². The Balaban J connectivity index is 2.17. The summed E-state index contributed by atoms with van der Waals surface area (Å²) in [6.07, 6.45) is 1.07. The van der Waals surface area contributed by atoms with Crippen molar-refractivity contribution in [3.63, 3.8) is 0 Å². The van der Waals surface area contributed by atoms with Crippen molar-refractivity contribution in [1.82, 2.24) is 5.48 Å². The molecule has 4 nitrogen and oxygen atoms in total. The molecule has 4 heteroatoms. The summed E-state index contributed by atoms with van der Waals surface area (Å²) in [5.41, 5.74) is 8.86. The number of hydrogen-bond donors (Lipinski definition) is 2. The number of hydrogen-bond acceptors (Lipinski definition) is 4. The molecule has 0 unspecified atom stereocenters. The molecule has 0 aliphatic carbocycles. The summed E-state index contributed by atoms with van der Waals surface area (Å²) in [4.78, 5) is 15.9. The van der Waals surface area contributed by atoms with Crippen molar-refractivity contribution in [2.75, 3.05) is 13.1 Å². The average molecular weight is 208 g/mol. The molecule has 0 saturated heterocycles. The van der Waals surface area contributed by atoms with Crippen molar-refractivity contribution in [3.05, 3.63) is 35.9 Å². The summed E-state index contributed by atoms with van der Waals surface area (Å²) in [6, 6.07) is 9.83. The van der Waals surface area contributed by atoms with Gasteiger partial charge in [-0.15, -0.1) is 0 Å². The summed E-state index contributed by atoms with van der Waals surface area (Å²) in [5.74, 6) is -0.257. The van der Waals surface area contributed by atoms with Gasteiger partial charge in [0.25, 0.3) is 0 Å². The van der Waals surface area contributed by atoms with E-state index in [4.69, 9.17) is 10.6 Å². The highest BCUT2D eigenvalue weighted by Crippen LogP contribution is 2.02. The number of aryl methyl sites for hydroxylation is 1. The van der Waals surface area contributed by atoms with E-state index in [1.54, 1.807) is 0 Å². The van der Waals surface area contributed by atoms with E-state index < -0.39 is 0 Å². The smallest absolute Gasteiger partial charge is 0.325 e. The first-order valence-electron chi connectivity index (χ1n) is 4.99. The van der Waals surface area contributed by atoms with Crippen LogP contribution in [0.25, 0.3) is 0 Å². The third kappa shape index (κ3) is 5.15. The van der Waals surface area contributed by atoms with E-state index in [2.05, 4.69) is 5.48 Å². The molecule has 0 atom stereocenters. The lowest BCUT2D eigenvalue weighted by molar-refractivity contribution is -0.150. The molecule has 0 heterocycles. The second-order valence-electron chi connectivity index (χ2n) is 3.14. The molecule has 0 amide bonds. The van der Waals surface area contributed by atoms with E-state index in [1.165, 1.54) is 0 Å². The van der Waals surface area contributed by atoms with Gasteiger partial charge in [0, 0.05) is 13.1 Å². The van der Waals surface area contributed by atoms with Crippen molar-refractivity contribution < 1.29 is 9.63 Å². The van der Waals surface area contributed by atoms with Crippen LogP contribution in [0.5, 0.6) is 0 Å². The number of benzene rings is 1. The Kier molecular flexibility index (Phi) is 5.43. The molecule has 0 radical (unpaired) electrons. The second-order valence-corrected chi connectivity index (χ2v) is 3.14. The summed E-state index contributed by atoms with van der Waals surface area (Å²) in [6.45, 7) is 0.934. The predicted octanol–water partition coefficient (Wildman–Crippen LogP) is 0.626. The van der Waals surface area contributed by atoms with Crippen LogP contribution in [0.1, 0.15) is 12.0 Å². The van der Waals surface area contributed by atoms with Gasteiger partial charge in [0.1, 0.15) is 0 Å². The van der Waals surface area contributed by atoms with Gasteiger partial charge in [0.2, 0.25) is 0 Å². The van der Waals surface area contributed by atoms with Crippen molar-refractivity contribution in [2.24, 2.45) is 5.73 Å². The lowest BCUT2D eigenvalue weighted by Crippen LogP contribution is -2.26. The normalized spacial score (nSPS) is 9.93. The number of carbonyl (C=O) groups excluding carboxylic acids is 1. The second kappa shape index (κ2) is 6.98. The van der Waals surface area contributed by atoms with Crippen LogP contribution >= 0.6 is 0 Å². The summed E-state index contributed by atoms with van der Waals surface area (Å²) in [7, 11) is 0. The third-order valence-corrected chi connectivity index (χ3v) is 1.89. The highest BCUT2D eigenvalue weighted by atomic mass is 16.7. The molecule has 0 spiro atoms. The summed E-state index contributed by atoms with van der Waals surface area (Å²) < 4.78 is 0. The molecule has 82 valence electrons. The van der Waals surface area contributed by atoms with Crippen LogP contribution < -0.4 is 11.2 Å². The zero-order valence-electron chi connectivity index (χ0n) is 8.61. The van der Waals surface area contributed by atoms with E-state index in [1.807, 2.05) is 30.3 Å². The van der Waals surface area contributed by atoms with Gasteiger partial charge in [-0.2, -0.15) is 5.48 Å². The largest absolute Gasteiger partial charge is 0.371 e. The van der Waals surface area contributed by atoms with E-state index in [0.717, 1.165) is 5.56 Å². The fourth-order valence-corrected chi connectivity index (χ4v) is 1.13. The van der Waals surface area contributed by atoms with Crippen molar-refractivity contribution in [2.45, 2.75) is 12.8 Å². The fraction of sp³-hybridized carbons (Fsp3) is 0.364. The summed E-state index contributed by atoms with van der Waals surface area (Å²) in [5, 5.41) is 0. The van der Waals surface area contributed by atoms with Crippen molar-refractivity contribution in [1.29, 1.82) is 0 Å². The maximum atomic E-state index is 11.2. The molecular weight excluding hydrogens is 192 g/mol. The zero-order valence-corrected chi connectivity index (χ0v) is 8.61. The van der Waals surface area contributed by atoms with Gasteiger partial charge in [-0.05, 0) is 12.0 Å². The Labute approximate surface area is 89.4 Å². The maximum absolute atomic E-state index is 11.2. The highest BCUT2D eigenvalue weighted by Gasteiger charge is 2.02. The first-order valence-corrected chi connectivity index (χ1v) is 4.99. The minimum atomic E-state index is -0.257. The van der Waals surface area contributed by atoms with Crippen LogP contribution in [0.15, 0.2) is 30.3 Å². The Bertz CT molecular complexity index is 288. The van der Waals surface area contributed by atoms with E-state index in [-0.39, 0.29) is 5.97 Å². The molecule has 1 rings (SSSR count). The first-order chi connectivity index (χ1) is 7.33. The van der Waals surface area contributed by atoms with Crippen molar-refractivity contribution >= 4 is 5.97 Å². The topological polar surface area (TPSA) is 64.3 Å². The quantitative estimate of drug-likeness (QED) is 0.531. The van der Waals surface area contributed by atoms with Gasteiger partial charge in [-0.1, -0.05) is 30.3 Å². The van der Waals surface area contributed by atoms with Gasteiger partial charge in [-0.3, -0.25) is 4.79 Å². The van der Waals surface area contributed by atoms with Gasteiger partial charge in [0.05, 0.1) is 6.42 Å². The van der Waals surface area contributed by atoms with Gasteiger partial charge in [-0.25, -0.2) is 0 Å². The molecular formula is C11H16N2O2. The number of hydroxylamine groups is 1. The predicted molar refractivity (Wildman–Crippen MR) is 57.9 cm³/mol. The van der Waals surface area contributed by atoms with Crippen LogP contribution in [-0.4, -0.2) is 19.1 Å². The fourth-order valence-electron chi connectivity index (χ4n) is 1.13. The van der Waals surface area contributed by atoms with Gasteiger partial charge in [0.15, 0.2) is 0 Å². The molecule has 1 aromatic rings. The van der Waals surface area contributed by atoms with Crippen LogP contribution in [0.3, 0.4) is 0 Å². The molecule has 3 N–H and O–H groups in total. The molecule has 0 fully saturated rings. The minimum absolute atomic E-state index is 0.257. The molecule has 1 aromatic carbocycles. The SMILES string of the molecule is NCCNOC(=O)CCc1ccccc1. The lowest BCUT2D eigenvalue weighted by atomic mass is 10.1. The Morgan fingerprint density at radius 2 is 2.07 bits per heavy atom. The molecule has 0 aromatic heterocycles. The monoisotopic (exact) mass is 208 g/mol. The van der Waals surface area contributed by atoms with Crippen LogP contribution in [-0.2, 0) is 16.1 Å². The number of carbonyl (C=O) groups is 1. The molecule has 0 aliphatic rings. The Morgan fingerprint density at radius 1 is 1.33 bits per heavy atom. The summed E-state index contributed by atoms with van der Waals surface area (Å²) >= 11 is 0. The highest BCUT2D eigenvalue weighted by molar-refractivity contribution is 5.69. The van der Waals surface area contributed by atoms with Crippen molar-refractivity contribution in [3.8, 4) is 0 Å². The van der Waals surface area contributed by atoms with Gasteiger partial charge >= 0.3 is 5.97 Å². The van der Waals surface area contributed by atoms with E-state index in [0.29, 0.717) is 25.9 Å². The number of nitrogens with one attached hydrogen (secondary N) is 1. The third-order valence-electron chi connectivity index (χ3n) is 1.89. The lowest BCUT2D eigenvalue weighted by Gasteiger charge is -2.04. The van der Waals surface area contributed by atoms with E-state index >= 15 is 0 Å². The molecule has 0 saturated carbocycles. The molecule has 0 bridgehead atoms. The number of nitrogens with two attached hydrogens (primary N) is 1. The maximum Gasteiger partial charge on any atom is 0.325 e. The number of rotatable bonds is 6. The Hall–Kier alpha value is -1.39. The molecule has 15 heavy (non-hydrogen) atoms. The standard InChI is InChI=1S/C11H16N2O2/c12-8-9-13-15-11(14)7-6-10-4-2-1-3-5-10/h1-5,13H,6-9,12H2. The first kappa shape index (κ1) is 11.7. The van der Waals surface area contributed by atoms with E-state index in [9.17, 15) is 4.79 Å². The zero-order chi connectivity index (χ0) is 10.9.